The predicted molar refractivity (Wildman–Crippen MR) is 203 cm³/mol. The van der Waals surface area contributed by atoms with Crippen molar-refractivity contribution in [3.63, 3.8) is 0 Å². The van der Waals surface area contributed by atoms with Crippen LogP contribution in [0.1, 0.15) is 33.6 Å². The predicted octanol–water partition coefficient (Wildman–Crippen LogP) is -10.9. The lowest BCUT2D eigenvalue weighted by atomic mass is 9.88. The zero-order valence-electron chi connectivity index (χ0n) is 35.4. The molecule has 18 N–H and O–H groups in total. The van der Waals surface area contributed by atoms with Crippen LogP contribution in [0.15, 0.2) is 0 Å². The van der Waals surface area contributed by atoms with E-state index in [1.807, 2.05) is 0 Å². The van der Waals surface area contributed by atoms with Crippen LogP contribution in [0.5, 0.6) is 0 Å². The first-order valence-corrected chi connectivity index (χ1v) is 20.3. The van der Waals surface area contributed by atoms with E-state index in [1.54, 1.807) is 0 Å². The Morgan fingerprint density at radius 1 is 0.621 bits per heavy atom. The Hall–Kier alpha value is -3.45. The summed E-state index contributed by atoms with van der Waals surface area (Å²) < 4.78 is 39.1. The first-order chi connectivity index (χ1) is 30.8. The van der Waals surface area contributed by atoms with Gasteiger partial charge in [-0.25, -0.2) is 9.59 Å². The third-order valence-corrected chi connectivity index (χ3v) is 11.4. The van der Waals surface area contributed by atoms with Crippen LogP contribution in [0.4, 0.5) is 0 Å². The standard InChI is InChI=1S/C36H59N3O27/c1-10(43)37-19-13(46)4-35(33(56)57,64-28(19)22(50)15(48)6-40)60-9-18-25(53)27(21(31(55)61-18)39-12(3)45)63-32-26(54)30(24(52)17(8-42)62-32)66-36(34(58)59)5-14(47)20(38-11(2)44)29(65-36)23(51)16(49)7-41/h13-32,40-42,46-55H,4-9H2,1-3H3,(H,37,43)(H,38,44)(H,39,45)(H,56,57)(H,58,59)/t13-,14-,15+,16+,17+,18+,19+,20+,21+,22+,23+,24-,25-,26+,27+,28+,29+,30-,31?,32-,35?,36?/m0/s1. The van der Waals surface area contributed by atoms with Gasteiger partial charge in [0, 0.05) is 33.6 Å². The molecule has 4 aliphatic heterocycles. The SMILES string of the molecule is CC(=O)N[C@H]1[C@H]([C@H](O)[C@H](O)CO)OC(OC[C@H]2OC(O)[C@H](NC(C)=O)[C@@H](O[C@@H]3O[C@H](CO)[C@H](O)[C@H](OC4(C(=O)O)C[C@H](O)[C@@H](NC(C)=O)[C@H]([C@H](O)[C@H](O)CO)O4)[C@H]3O)[C@H]2O)(C(=O)O)C[C@@H]1O. The Labute approximate surface area is 373 Å². The van der Waals surface area contributed by atoms with Crippen molar-refractivity contribution in [3.8, 4) is 0 Å². The second kappa shape index (κ2) is 22.8. The smallest absolute Gasteiger partial charge is 0.364 e. The highest BCUT2D eigenvalue weighted by atomic mass is 16.8. The van der Waals surface area contributed by atoms with E-state index in [-0.39, 0.29) is 0 Å². The fourth-order valence-corrected chi connectivity index (χ4v) is 8.04. The summed E-state index contributed by atoms with van der Waals surface area (Å²) >= 11 is 0. The number of carboxylic acids is 2. The summed E-state index contributed by atoms with van der Waals surface area (Å²) in [5.74, 6) is -12.7. The van der Waals surface area contributed by atoms with Crippen LogP contribution in [0.3, 0.4) is 0 Å². The van der Waals surface area contributed by atoms with Crippen molar-refractivity contribution in [1.82, 2.24) is 16.0 Å². The maximum atomic E-state index is 12.9. The molecule has 3 amide bonds. The zero-order chi connectivity index (χ0) is 49.7. The van der Waals surface area contributed by atoms with Crippen LogP contribution in [0.25, 0.3) is 0 Å². The number of aliphatic carboxylic acids is 2. The third-order valence-electron chi connectivity index (χ3n) is 11.4. The van der Waals surface area contributed by atoms with Crippen LogP contribution < -0.4 is 16.0 Å². The Morgan fingerprint density at radius 3 is 1.50 bits per heavy atom. The first-order valence-electron chi connectivity index (χ1n) is 20.3. The van der Waals surface area contributed by atoms with Gasteiger partial charge in [-0.3, -0.25) is 14.4 Å². The van der Waals surface area contributed by atoms with Crippen molar-refractivity contribution in [3.05, 3.63) is 0 Å². The van der Waals surface area contributed by atoms with E-state index in [4.69, 9.17) is 33.2 Å². The monoisotopic (exact) mass is 965 g/mol. The molecule has 4 fully saturated rings. The molecule has 0 spiro atoms. The minimum Gasteiger partial charge on any atom is -0.477 e. The van der Waals surface area contributed by atoms with Crippen LogP contribution in [0, 0.1) is 0 Å². The normalized spacial score (nSPS) is 41.4. The van der Waals surface area contributed by atoms with Gasteiger partial charge in [-0.1, -0.05) is 0 Å². The number of nitrogens with one attached hydrogen (secondary N) is 3. The van der Waals surface area contributed by atoms with Gasteiger partial charge in [0.25, 0.3) is 11.6 Å². The molecule has 380 valence electrons. The number of rotatable bonds is 19. The van der Waals surface area contributed by atoms with Gasteiger partial charge in [0.1, 0.15) is 85.4 Å². The molecule has 0 aromatic rings. The molecule has 30 nitrogen and oxygen atoms in total. The van der Waals surface area contributed by atoms with E-state index in [0.717, 1.165) is 20.8 Å². The van der Waals surface area contributed by atoms with E-state index >= 15 is 0 Å². The Balaban J connectivity index is 1.66. The Morgan fingerprint density at radius 2 is 1.06 bits per heavy atom. The molecule has 0 saturated carbocycles. The van der Waals surface area contributed by atoms with Crippen LogP contribution in [-0.2, 0) is 57.1 Å². The first kappa shape index (κ1) is 55.1. The summed E-state index contributed by atoms with van der Waals surface area (Å²) in [7, 11) is 0. The lowest BCUT2D eigenvalue weighted by Gasteiger charge is -2.51. The van der Waals surface area contributed by atoms with Gasteiger partial charge in [0.15, 0.2) is 12.6 Å². The van der Waals surface area contributed by atoms with E-state index in [2.05, 4.69) is 16.0 Å². The molecule has 4 rings (SSSR count). The van der Waals surface area contributed by atoms with Crippen LogP contribution in [0.2, 0.25) is 0 Å². The Kier molecular flexibility index (Phi) is 19.0. The summed E-state index contributed by atoms with van der Waals surface area (Å²) in [4.78, 5) is 61.8. The molecule has 0 bridgehead atoms. The fraction of sp³-hybridized carbons (Fsp3) is 0.861. The highest BCUT2D eigenvalue weighted by molar-refractivity contribution is 5.77. The quantitative estimate of drug-likeness (QED) is 0.0571. The summed E-state index contributed by atoms with van der Waals surface area (Å²) in [6.07, 6.45) is -38.0. The number of aliphatic hydroxyl groups is 13. The largest absolute Gasteiger partial charge is 0.477 e. The number of amides is 3. The highest BCUT2D eigenvalue weighted by Gasteiger charge is 2.61. The van der Waals surface area contributed by atoms with Crippen molar-refractivity contribution in [2.45, 2.75) is 167 Å². The molecule has 0 aromatic carbocycles. The number of hydrogen-bond acceptors (Lipinski definition) is 25. The van der Waals surface area contributed by atoms with Gasteiger partial charge >= 0.3 is 11.9 Å². The van der Waals surface area contributed by atoms with Gasteiger partial charge < -0.3 is 126 Å². The zero-order valence-corrected chi connectivity index (χ0v) is 35.4. The number of aliphatic hydroxyl groups excluding tert-OH is 13. The highest BCUT2D eigenvalue weighted by Crippen LogP contribution is 2.39. The van der Waals surface area contributed by atoms with Crippen LogP contribution in [-0.4, -0.2) is 267 Å². The molecule has 4 heterocycles. The minimum absolute atomic E-state index is 0.790. The molecule has 0 aliphatic carbocycles. The molecule has 0 radical (unpaired) electrons. The van der Waals surface area contributed by atoms with E-state index in [0.29, 0.717) is 0 Å². The van der Waals surface area contributed by atoms with Gasteiger partial charge in [-0.2, -0.15) is 0 Å². The van der Waals surface area contributed by atoms with Crippen molar-refractivity contribution in [2.24, 2.45) is 0 Å². The van der Waals surface area contributed by atoms with E-state index < -0.39 is 203 Å². The molecular weight excluding hydrogens is 906 g/mol. The second-order valence-electron chi connectivity index (χ2n) is 16.2. The van der Waals surface area contributed by atoms with Crippen LogP contribution >= 0.6 is 0 Å². The summed E-state index contributed by atoms with van der Waals surface area (Å²) in [5, 5.41) is 166. The third kappa shape index (κ3) is 12.0. The van der Waals surface area contributed by atoms with Crippen molar-refractivity contribution >= 4 is 29.7 Å². The average Bonchev–Trinajstić information content (AvgIpc) is 3.24. The lowest BCUT2D eigenvalue weighted by Crippen LogP contribution is -2.71. The molecule has 22 atom stereocenters. The molecule has 4 saturated heterocycles. The average molecular weight is 966 g/mol. The molecule has 30 heteroatoms. The van der Waals surface area contributed by atoms with Gasteiger partial charge in [-0.15, -0.1) is 0 Å². The topological polar surface area (TPSA) is 490 Å². The number of carbonyl (C=O) groups is 5. The fourth-order valence-electron chi connectivity index (χ4n) is 8.04. The van der Waals surface area contributed by atoms with E-state index in [9.17, 15) is 101 Å². The molecule has 3 unspecified atom stereocenters. The van der Waals surface area contributed by atoms with Crippen molar-refractivity contribution < 1.29 is 134 Å². The molecule has 0 aromatic heterocycles. The molecule has 4 aliphatic rings. The summed E-state index contributed by atoms with van der Waals surface area (Å²) in [6, 6.07) is -5.07. The van der Waals surface area contributed by atoms with Crippen molar-refractivity contribution in [1.29, 1.82) is 0 Å². The second-order valence-corrected chi connectivity index (χ2v) is 16.2. The number of hydrogen-bond donors (Lipinski definition) is 18. The number of carboxylic acid groups (broad SMARTS) is 2. The number of ether oxygens (including phenoxy) is 7. The summed E-state index contributed by atoms with van der Waals surface area (Å²) in [5.41, 5.74) is 0. The van der Waals surface area contributed by atoms with E-state index in [1.165, 1.54) is 0 Å². The van der Waals surface area contributed by atoms with Gasteiger partial charge in [0.2, 0.25) is 17.7 Å². The van der Waals surface area contributed by atoms with Crippen molar-refractivity contribution in [2.75, 3.05) is 26.4 Å². The number of carbonyl (C=O) groups excluding carboxylic acids is 3. The lowest BCUT2D eigenvalue weighted by molar-refractivity contribution is -0.382. The Bertz CT molecular complexity index is 1680. The summed E-state index contributed by atoms with van der Waals surface area (Å²) in [6.45, 7) is -1.53. The molecular formula is C36H59N3O27. The van der Waals surface area contributed by atoms with Gasteiger partial charge in [0.05, 0.1) is 50.7 Å². The minimum atomic E-state index is -3.19. The maximum Gasteiger partial charge on any atom is 0.364 e. The maximum absolute atomic E-state index is 12.9. The molecule has 66 heavy (non-hydrogen) atoms. The van der Waals surface area contributed by atoms with Gasteiger partial charge in [-0.05, 0) is 0 Å².